The lowest BCUT2D eigenvalue weighted by Gasteiger charge is -2.03. The Hall–Kier alpha value is -1.82. The quantitative estimate of drug-likeness (QED) is 0.794. The van der Waals surface area contributed by atoms with Crippen molar-refractivity contribution in [3.8, 4) is 0 Å². The number of anilines is 1. The van der Waals surface area contributed by atoms with Gasteiger partial charge in [-0.1, -0.05) is 0 Å². The molecule has 1 heterocycles. The maximum Gasteiger partial charge on any atom is 0.292 e. The van der Waals surface area contributed by atoms with E-state index in [1.807, 2.05) is 30.5 Å². The average molecular weight is 234 g/mol. The Labute approximate surface area is 96.7 Å². The standard InChI is InChI=1S/C10H10N4OS/c1-16-8-4-2-7(3-5-8)13-10(15)9-11-6-12-14-9/h2-6H,1H3,(H,13,15)(H,11,12,14). The minimum atomic E-state index is -0.297. The van der Waals surface area contributed by atoms with Crippen LogP contribution in [0, 0.1) is 0 Å². The molecule has 0 aliphatic heterocycles. The van der Waals surface area contributed by atoms with Gasteiger partial charge in [-0.2, -0.15) is 5.10 Å². The van der Waals surface area contributed by atoms with E-state index in [1.54, 1.807) is 11.8 Å². The monoisotopic (exact) mass is 234 g/mol. The molecule has 82 valence electrons. The number of carbonyl (C=O) groups excluding carboxylic acids is 1. The molecule has 1 amide bonds. The summed E-state index contributed by atoms with van der Waals surface area (Å²) in [5, 5.41) is 8.83. The largest absolute Gasteiger partial charge is 0.319 e. The van der Waals surface area contributed by atoms with Crippen LogP contribution in [0.25, 0.3) is 0 Å². The average Bonchev–Trinajstić information content (AvgIpc) is 2.83. The highest BCUT2D eigenvalue weighted by atomic mass is 32.2. The molecule has 0 aliphatic rings. The van der Waals surface area contributed by atoms with E-state index in [0.29, 0.717) is 0 Å². The van der Waals surface area contributed by atoms with E-state index < -0.39 is 0 Å². The SMILES string of the molecule is CSc1ccc(NC(=O)c2ncn[nH]2)cc1. The highest BCUT2D eigenvalue weighted by molar-refractivity contribution is 7.98. The number of hydrogen-bond donors (Lipinski definition) is 2. The van der Waals surface area contributed by atoms with Gasteiger partial charge >= 0.3 is 0 Å². The fraction of sp³-hybridized carbons (Fsp3) is 0.100. The highest BCUT2D eigenvalue weighted by Crippen LogP contribution is 2.17. The summed E-state index contributed by atoms with van der Waals surface area (Å²) in [5.74, 6) is -0.0941. The van der Waals surface area contributed by atoms with E-state index in [-0.39, 0.29) is 11.7 Å². The number of thioether (sulfide) groups is 1. The van der Waals surface area contributed by atoms with Crippen LogP contribution in [0.15, 0.2) is 35.5 Å². The molecule has 0 atom stereocenters. The van der Waals surface area contributed by atoms with Crippen molar-refractivity contribution in [2.24, 2.45) is 0 Å². The van der Waals surface area contributed by atoms with Gasteiger partial charge in [-0.25, -0.2) is 4.98 Å². The maximum atomic E-state index is 11.6. The summed E-state index contributed by atoms with van der Waals surface area (Å²) in [4.78, 5) is 16.5. The van der Waals surface area contributed by atoms with Crippen molar-refractivity contribution in [2.45, 2.75) is 4.90 Å². The van der Waals surface area contributed by atoms with Gasteiger partial charge < -0.3 is 5.32 Å². The number of nitrogens with one attached hydrogen (secondary N) is 2. The van der Waals surface area contributed by atoms with Crippen LogP contribution in [0.2, 0.25) is 0 Å². The number of H-pyrrole nitrogens is 1. The molecule has 0 unspecified atom stereocenters. The summed E-state index contributed by atoms with van der Waals surface area (Å²) in [5.41, 5.74) is 0.735. The molecule has 6 heteroatoms. The first kappa shape index (κ1) is 10.7. The van der Waals surface area contributed by atoms with Gasteiger partial charge in [-0.15, -0.1) is 11.8 Å². The maximum absolute atomic E-state index is 11.6. The zero-order chi connectivity index (χ0) is 11.4. The third-order valence-corrected chi connectivity index (χ3v) is 2.72. The molecule has 0 bridgehead atoms. The predicted octanol–water partition coefficient (Wildman–Crippen LogP) is 1.78. The fourth-order valence-electron chi connectivity index (χ4n) is 1.18. The van der Waals surface area contributed by atoms with Gasteiger partial charge in [0.1, 0.15) is 6.33 Å². The Bertz CT molecular complexity index is 466. The van der Waals surface area contributed by atoms with Crippen LogP contribution in [0.3, 0.4) is 0 Å². The minimum Gasteiger partial charge on any atom is -0.319 e. The van der Waals surface area contributed by atoms with Crippen molar-refractivity contribution in [3.63, 3.8) is 0 Å². The Balaban J connectivity index is 2.06. The first-order valence-electron chi connectivity index (χ1n) is 4.60. The van der Waals surface area contributed by atoms with E-state index in [2.05, 4.69) is 20.5 Å². The van der Waals surface area contributed by atoms with Gasteiger partial charge in [0, 0.05) is 10.6 Å². The van der Waals surface area contributed by atoms with Crippen molar-refractivity contribution in [3.05, 3.63) is 36.4 Å². The molecule has 2 N–H and O–H groups in total. The van der Waals surface area contributed by atoms with Crippen LogP contribution >= 0.6 is 11.8 Å². The van der Waals surface area contributed by atoms with E-state index in [4.69, 9.17) is 0 Å². The molecule has 0 aliphatic carbocycles. The molecular formula is C10H10N4OS. The summed E-state index contributed by atoms with van der Waals surface area (Å²) in [6.45, 7) is 0. The summed E-state index contributed by atoms with van der Waals surface area (Å²) in [6.07, 6.45) is 3.30. The predicted molar refractivity (Wildman–Crippen MR) is 62.6 cm³/mol. The van der Waals surface area contributed by atoms with Gasteiger partial charge in [-0.3, -0.25) is 9.89 Å². The second-order valence-electron chi connectivity index (χ2n) is 3.02. The third-order valence-electron chi connectivity index (χ3n) is 1.98. The second-order valence-corrected chi connectivity index (χ2v) is 3.90. The molecule has 0 saturated heterocycles. The van der Waals surface area contributed by atoms with Crippen LogP contribution in [0.4, 0.5) is 5.69 Å². The van der Waals surface area contributed by atoms with Gasteiger partial charge in [0.05, 0.1) is 0 Å². The van der Waals surface area contributed by atoms with Crippen LogP contribution in [0.5, 0.6) is 0 Å². The van der Waals surface area contributed by atoms with E-state index in [0.717, 1.165) is 10.6 Å². The minimum absolute atomic E-state index is 0.203. The summed E-state index contributed by atoms with van der Waals surface area (Å²) in [7, 11) is 0. The van der Waals surface area contributed by atoms with E-state index >= 15 is 0 Å². The van der Waals surface area contributed by atoms with Gasteiger partial charge in [0.15, 0.2) is 0 Å². The Morgan fingerprint density at radius 2 is 2.12 bits per heavy atom. The molecule has 2 aromatic rings. The normalized spacial score (nSPS) is 10.1. The first-order chi connectivity index (χ1) is 7.79. The van der Waals surface area contributed by atoms with Gasteiger partial charge in [0.25, 0.3) is 5.91 Å². The molecule has 5 nitrogen and oxygen atoms in total. The van der Waals surface area contributed by atoms with Crippen molar-refractivity contribution < 1.29 is 4.79 Å². The summed E-state index contributed by atoms with van der Waals surface area (Å²) >= 11 is 1.65. The van der Waals surface area contributed by atoms with Crippen LogP contribution in [-0.2, 0) is 0 Å². The van der Waals surface area contributed by atoms with E-state index in [9.17, 15) is 4.79 Å². The zero-order valence-corrected chi connectivity index (χ0v) is 9.41. The van der Waals surface area contributed by atoms with Crippen LogP contribution in [-0.4, -0.2) is 27.3 Å². The lowest BCUT2D eigenvalue weighted by molar-refractivity contribution is 0.101. The molecule has 16 heavy (non-hydrogen) atoms. The van der Waals surface area contributed by atoms with Gasteiger partial charge in [0.2, 0.25) is 5.82 Å². The molecule has 0 fully saturated rings. The van der Waals surface area contributed by atoms with Crippen molar-refractivity contribution in [1.29, 1.82) is 0 Å². The molecule has 1 aromatic carbocycles. The van der Waals surface area contributed by atoms with Crippen molar-refractivity contribution >= 4 is 23.4 Å². The smallest absolute Gasteiger partial charge is 0.292 e. The molecule has 1 aromatic heterocycles. The Morgan fingerprint density at radius 1 is 1.38 bits per heavy atom. The number of carbonyl (C=O) groups is 1. The number of rotatable bonds is 3. The number of nitrogens with zero attached hydrogens (tertiary/aromatic N) is 2. The number of aromatic amines is 1. The van der Waals surface area contributed by atoms with Crippen molar-refractivity contribution in [1.82, 2.24) is 15.2 Å². The highest BCUT2D eigenvalue weighted by Gasteiger charge is 2.08. The second kappa shape index (κ2) is 4.80. The topological polar surface area (TPSA) is 70.7 Å². The third kappa shape index (κ3) is 2.40. The lowest BCUT2D eigenvalue weighted by atomic mass is 10.3. The first-order valence-corrected chi connectivity index (χ1v) is 5.83. The van der Waals surface area contributed by atoms with E-state index in [1.165, 1.54) is 6.33 Å². The fourth-order valence-corrected chi connectivity index (χ4v) is 1.59. The van der Waals surface area contributed by atoms with Crippen LogP contribution in [0.1, 0.15) is 10.6 Å². The summed E-state index contributed by atoms with van der Waals surface area (Å²) in [6, 6.07) is 7.58. The summed E-state index contributed by atoms with van der Waals surface area (Å²) < 4.78 is 0. The van der Waals surface area contributed by atoms with Crippen molar-refractivity contribution in [2.75, 3.05) is 11.6 Å². The van der Waals surface area contributed by atoms with Crippen LogP contribution < -0.4 is 5.32 Å². The lowest BCUT2D eigenvalue weighted by Crippen LogP contribution is -2.13. The number of benzene rings is 1. The van der Waals surface area contributed by atoms with Gasteiger partial charge in [-0.05, 0) is 30.5 Å². The number of aromatic nitrogens is 3. The zero-order valence-electron chi connectivity index (χ0n) is 8.60. The Kier molecular flexibility index (Phi) is 3.21. The molecule has 2 rings (SSSR count). The molecule has 0 spiro atoms. The Morgan fingerprint density at radius 3 is 2.69 bits per heavy atom. The molecule has 0 radical (unpaired) electrons. The number of hydrogen-bond acceptors (Lipinski definition) is 4. The number of amides is 1. The molecular weight excluding hydrogens is 224 g/mol. The molecule has 0 saturated carbocycles.